The molecule has 0 amide bonds. The van der Waals surface area contributed by atoms with Gasteiger partial charge in [0.25, 0.3) is 0 Å². The molecule has 0 atom stereocenters. The Hall–Kier alpha value is -1.07. The Balaban J connectivity index is 2.19. The predicted octanol–water partition coefficient (Wildman–Crippen LogP) is 4.27. The van der Waals surface area contributed by atoms with Gasteiger partial charge in [0.2, 0.25) is 0 Å². The van der Waals surface area contributed by atoms with Crippen molar-refractivity contribution in [3.05, 3.63) is 40.8 Å². The lowest BCUT2D eigenvalue weighted by Crippen LogP contribution is -1.99. The van der Waals surface area contributed by atoms with Gasteiger partial charge in [-0.05, 0) is 46.5 Å². The molecule has 3 nitrogen and oxygen atoms in total. The first-order valence-electron chi connectivity index (χ1n) is 5.66. The summed E-state index contributed by atoms with van der Waals surface area (Å²) in [7, 11) is 0. The van der Waals surface area contributed by atoms with Gasteiger partial charge in [-0.15, -0.1) is 11.8 Å². The zero-order valence-corrected chi connectivity index (χ0v) is 12.7. The van der Waals surface area contributed by atoms with Crippen molar-refractivity contribution < 1.29 is 0 Å². The molecule has 0 saturated heterocycles. The molecular weight excluding hydrogens is 310 g/mol. The van der Waals surface area contributed by atoms with E-state index >= 15 is 0 Å². The molecule has 1 aromatic carbocycles. The van der Waals surface area contributed by atoms with Crippen LogP contribution in [-0.4, -0.2) is 16.2 Å². The van der Waals surface area contributed by atoms with Crippen LogP contribution in [-0.2, 0) is 6.42 Å². The minimum atomic E-state index is 0.803. The molecule has 0 saturated carbocycles. The lowest BCUT2D eigenvalue weighted by Gasteiger charge is -2.07. The third-order valence-electron chi connectivity index (χ3n) is 2.42. The van der Waals surface area contributed by atoms with Crippen LogP contribution in [0.3, 0.4) is 0 Å². The number of nitrogens with zero attached hydrogens (tertiary/aromatic N) is 2. The summed E-state index contributed by atoms with van der Waals surface area (Å²) in [5.74, 6) is 1.64. The van der Waals surface area contributed by atoms with Crippen LogP contribution in [0.25, 0.3) is 0 Å². The summed E-state index contributed by atoms with van der Waals surface area (Å²) >= 11 is 5.13. The number of hydrogen-bond donors (Lipinski definition) is 1. The maximum atomic E-state index is 4.43. The zero-order valence-electron chi connectivity index (χ0n) is 10.3. The molecule has 0 aliphatic carbocycles. The Labute approximate surface area is 120 Å². The van der Waals surface area contributed by atoms with Gasteiger partial charge < -0.3 is 5.32 Å². The Bertz CT molecular complexity index is 528. The highest BCUT2D eigenvalue weighted by molar-refractivity contribution is 9.10. The number of halogens is 1. The second kappa shape index (κ2) is 6.20. The molecule has 18 heavy (non-hydrogen) atoms. The lowest BCUT2D eigenvalue weighted by molar-refractivity contribution is 0.931. The molecule has 0 aliphatic heterocycles. The summed E-state index contributed by atoms with van der Waals surface area (Å²) in [6, 6.07) is 10.1. The van der Waals surface area contributed by atoms with E-state index < -0.39 is 0 Å². The van der Waals surface area contributed by atoms with Gasteiger partial charge in [-0.3, -0.25) is 0 Å². The molecule has 0 fully saturated rings. The third kappa shape index (κ3) is 3.46. The molecule has 1 heterocycles. The summed E-state index contributed by atoms with van der Waals surface area (Å²) in [6.45, 7) is 2.04. The SMILES string of the molecule is CCc1nc(Br)cc(Nc2ccc(SC)cc2)n1. The van der Waals surface area contributed by atoms with Crippen molar-refractivity contribution in [1.82, 2.24) is 9.97 Å². The van der Waals surface area contributed by atoms with E-state index in [0.717, 1.165) is 28.4 Å². The highest BCUT2D eigenvalue weighted by atomic mass is 79.9. The smallest absolute Gasteiger partial charge is 0.135 e. The molecule has 0 radical (unpaired) electrons. The van der Waals surface area contributed by atoms with Gasteiger partial charge in [0.15, 0.2) is 0 Å². The first-order valence-corrected chi connectivity index (χ1v) is 7.67. The van der Waals surface area contributed by atoms with E-state index in [9.17, 15) is 0 Å². The van der Waals surface area contributed by atoms with Crippen molar-refractivity contribution in [3.63, 3.8) is 0 Å². The minimum Gasteiger partial charge on any atom is -0.340 e. The van der Waals surface area contributed by atoms with Crippen LogP contribution >= 0.6 is 27.7 Å². The van der Waals surface area contributed by atoms with Crippen LogP contribution in [0.5, 0.6) is 0 Å². The van der Waals surface area contributed by atoms with Crippen LogP contribution in [0.2, 0.25) is 0 Å². The normalized spacial score (nSPS) is 10.4. The van der Waals surface area contributed by atoms with Gasteiger partial charge in [0.05, 0.1) is 0 Å². The molecule has 0 aliphatic rings. The molecule has 5 heteroatoms. The number of aryl methyl sites for hydroxylation is 1. The Kier molecular flexibility index (Phi) is 4.60. The molecule has 2 rings (SSSR count). The fourth-order valence-electron chi connectivity index (χ4n) is 1.51. The minimum absolute atomic E-state index is 0.803. The molecule has 0 bridgehead atoms. The van der Waals surface area contributed by atoms with Crippen molar-refractivity contribution >= 4 is 39.2 Å². The van der Waals surface area contributed by atoms with Gasteiger partial charge in [0.1, 0.15) is 16.2 Å². The average molecular weight is 324 g/mol. The number of rotatable bonds is 4. The topological polar surface area (TPSA) is 37.8 Å². The van der Waals surface area contributed by atoms with Crippen LogP contribution < -0.4 is 5.32 Å². The maximum Gasteiger partial charge on any atom is 0.135 e. The van der Waals surface area contributed by atoms with Crippen molar-refractivity contribution in [3.8, 4) is 0 Å². The van der Waals surface area contributed by atoms with Crippen LogP contribution in [0.4, 0.5) is 11.5 Å². The van der Waals surface area contributed by atoms with Gasteiger partial charge in [-0.2, -0.15) is 0 Å². The van der Waals surface area contributed by atoms with E-state index in [1.165, 1.54) is 4.90 Å². The Morgan fingerprint density at radius 3 is 2.56 bits per heavy atom. The molecule has 94 valence electrons. The summed E-state index contributed by atoms with van der Waals surface area (Å²) in [5.41, 5.74) is 1.03. The van der Waals surface area contributed by atoms with Crippen LogP contribution in [0.1, 0.15) is 12.7 Å². The van der Waals surface area contributed by atoms with Crippen LogP contribution in [0, 0.1) is 0 Å². The monoisotopic (exact) mass is 323 g/mol. The van der Waals surface area contributed by atoms with Crippen molar-refractivity contribution in [1.29, 1.82) is 0 Å². The molecular formula is C13H14BrN3S. The number of nitrogens with one attached hydrogen (secondary N) is 1. The van der Waals surface area contributed by atoms with Crippen molar-refractivity contribution in [2.75, 3.05) is 11.6 Å². The predicted molar refractivity (Wildman–Crippen MR) is 80.6 cm³/mol. The quantitative estimate of drug-likeness (QED) is 0.673. The van der Waals surface area contributed by atoms with Crippen LogP contribution in [0.15, 0.2) is 39.8 Å². The summed E-state index contributed by atoms with van der Waals surface area (Å²) in [4.78, 5) is 9.96. The van der Waals surface area contributed by atoms with E-state index in [0.29, 0.717) is 0 Å². The molecule has 2 aromatic rings. The maximum absolute atomic E-state index is 4.43. The van der Waals surface area contributed by atoms with E-state index in [1.54, 1.807) is 11.8 Å². The van der Waals surface area contributed by atoms with Gasteiger partial charge in [-0.25, -0.2) is 9.97 Å². The van der Waals surface area contributed by atoms with Crippen molar-refractivity contribution in [2.24, 2.45) is 0 Å². The van der Waals surface area contributed by atoms with Crippen molar-refractivity contribution in [2.45, 2.75) is 18.2 Å². The lowest BCUT2D eigenvalue weighted by atomic mass is 10.3. The third-order valence-corrected chi connectivity index (χ3v) is 3.57. The fraction of sp³-hybridized carbons (Fsp3) is 0.231. The zero-order chi connectivity index (χ0) is 13.0. The van der Waals surface area contributed by atoms with E-state index in [4.69, 9.17) is 0 Å². The number of hydrogen-bond acceptors (Lipinski definition) is 4. The number of thioether (sulfide) groups is 1. The Morgan fingerprint density at radius 1 is 1.22 bits per heavy atom. The van der Waals surface area contributed by atoms with Gasteiger partial charge >= 0.3 is 0 Å². The molecule has 0 spiro atoms. The number of anilines is 2. The second-order valence-electron chi connectivity index (χ2n) is 3.70. The summed E-state index contributed by atoms with van der Waals surface area (Å²) in [5, 5.41) is 3.28. The largest absolute Gasteiger partial charge is 0.340 e. The standard InChI is InChI=1S/C13H14BrN3S/c1-3-12-16-11(14)8-13(17-12)15-9-4-6-10(18-2)7-5-9/h4-8H,3H2,1-2H3,(H,15,16,17). The highest BCUT2D eigenvalue weighted by Gasteiger charge is 2.02. The van der Waals surface area contributed by atoms with E-state index in [-0.39, 0.29) is 0 Å². The van der Waals surface area contributed by atoms with Gasteiger partial charge in [0, 0.05) is 23.1 Å². The first-order chi connectivity index (χ1) is 8.71. The average Bonchev–Trinajstić information content (AvgIpc) is 2.39. The molecule has 0 unspecified atom stereocenters. The number of aromatic nitrogens is 2. The Morgan fingerprint density at radius 2 is 1.94 bits per heavy atom. The number of benzene rings is 1. The molecule has 1 N–H and O–H groups in total. The summed E-state index contributed by atoms with van der Waals surface area (Å²) < 4.78 is 0.803. The highest BCUT2D eigenvalue weighted by Crippen LogP contribution is 2.21. The first kappa shape index (κ1) is 13.4. The molecule has 1 aromatic heterocycles. The fourth-order valence-corrected chi connectivity index (χ4v) is 2.34. The van der Waals surface area contributed by atoms with E-state index in [1.807, 2.05) is 25.1 Å². The summed E-state index contributed by atoms with van der Waals surface area (Å²) in [6.07, 6.45) is 2.89. The van der Waals surface area contributed by atoms with Gasteiger partial charge in [-0.1, -0.05) is 6.92 Å². The van der Waals surface area contributed by atoms with E-state index in [2.05, 4.69) is 49.6 Å². The second-order valence-corrected chi connectivity index (χ2v) is 5.39.